The number of nitrogens with one attached hydrogen (secondary N) is 1. The molecule has 1 heterocycles. The van der Waals surface area contributed by atoms with Crippen molar-refractivity contribution in [1.29, 1.82) is 0 Å². The zero-order valence-corrected chi connectivity index (χ0v) is 9.46. The number of benzene rings is 1. The molecule has 0 fully saturated rings. The van der Waals surface area contributed by atoms with Gasteiger partial charge in [-0.2, -0.15) is 5.10 Å². The predicted molar refractivity (Wildman–Crippen MR) is 59.5 cm³/mol. The summed E-state index contributed by atoms with van der Waals surface area (Å²) in [6.07, 6.45) is 1.38. The highest BCUT2D eigenvalue weighted by molar-refractivity contribution is 7.99. The van der Waals surface area contributed by atoms with Crippen LogP contribution >= 0.6 is 11.8 Å². The van der Waals surface area contributed by atoms with E-state index in [9.17, 15) is 4.39 Å². The zero-order chi connectivity index (χ0) is 11.5. The van der Waals surface area contributed by atoms with Crippen molar-refractivity contribution >= 4 is 11.8 Å². The van der Waals surface area contributed by atoms with Crippen molar-refractivity contribution in [1.82, 2.24) is 15.2 Å². The Kier molecular flexibility index (Phi) is 3.21. The number of hydrogen-bond acceptors (Lipinski definition) is 4. The van der Waals surface area contributed by atoms with Gasteiger partial charge in [0, 0.05) is 6.04 Å². The van der Waals surface area contributed by atoms with Gasteiger partial charge in [0.05, 0.1) is 4.90 Å². The van der Waals surface area contributed by atoms with Crippen LogP contribution in [0.5, 0.6) is 0 Å². The first-order valence-electron chi connectivity index (χ1n) is 4.75. The van der Waals surface area contributed by atoms with E-state index in [2.05, 4.69) is 15.2 Å². The number of nitrogens with zero attached hydrogens (tertiary/aromatic N) is 2. The largest absolute Gasteiger partial charge is 0.324 e. The molecule has 4 nitrogen and oxygen atoms in total. The van der Waals surface area contributed by atoms with Crippen molar-refractivity contribution in [2.75, 3.05) is 0 Å². The first-order valence-corrected chi connectivity index (χ1v) is 5.57. The van der Waals surface area contributed by atoms with Crippen LogP contribution in [-0.4, -0.2) is 15.2 Å². The fraction of sp³-hybridized carbons (Fsp3) is 0.200. The SMILES string of the molecule is C[C@@H](N)c1cccc(F)c1Sc1ncn[nH]1. The number of rotatable bonds is 3. The Morgan fingerprint density at radius 1 is 1.50 bits per heavy atom. The number of hydrogen-bond donors (Lipinski definition) is 2. The molecule has 0 unspecified atom stereocenters. The molecule has 0 spiro atoms. The third-order valence-corrected chi connectivity index (χ3v) is 3.10. The first-order chi connectivity index (χ1) is 7.68. The summed E-state index contributed by atoms with van der Waals surface area (Å²) in [6.45, 7) is 1.82. The van der Waals surface area contributed by atoms with E-state index in [0.717, 1.165) is 5.56 Å². The summed E-state index contributed by atoms with van der Waals surface area (Å²) < 4.78 is 13.7. The molecule has 0 radical (unpaired) electrons. The van der Waals surface area contributed by atoms with Gasteiger partial charge in [0.2, 0.25) is 0 Å². The lowest BCUT2D eigenvalue weighted by Crippen LogP contribution is -2.07. The lowest BCUT2D eigenvalue weighted by Gasteiger charge is -2.11. The Balaban J connectivity index is 2.38. The lowest BCUT2D eigenvalue weighted by molar-refractivity contribution is 0.591. The van der Waals surface area contributed by atoms with E-state index in [1.807, 2.05) is 13.0 Å². The Bertz CT molecular complexity index is 470. The van der Waals surface area contributed by atoms with E-state index >= 15 is 0 Å². The van der Waals surface area contributed by atoms with Crippen LogP contribution in [0, 0.1) is 5.82 Å². The summed E-state index contributed by atoms with van der Waals surface area (Å²) in [7, 11) is 0. The third kappa shape index (κ3) is 2.23. The maximum atomic E-state index is 13.7. The molecule has 84 valence electrons. The molecule has 3 N–H and O–H groups in total. The maximum absolute atomic E-state index is 13.7. The van der Waals surface area contributed by atoms with Gasteiger partial charge in [0.1, 0.15) is 12.1 Å². The van der Waals surface area contributed by atoms with Gasteiger partial charge in [-0.25, -0.2) is 9.37 Å². The van der Waals surface area contributed by atoms with Gasteiger partial charge < -0.3 is 5.73 Å². The van der Waals surface area contributed by atoms with Crippen LogP contribution in [0.3, 0.4) is 0 Å². The molecule has 0 bridgehead atoms. The van der Waals surface area contributed by atoms with E-state index in [1.54, 1.807) is 6.07 Å². The van der Waals surface area contributed by atoms with Gasteiger partial charge in [-0.1, -0.05) is 12.1 Å². The van der Waals surface area contributed by atoms with Crippen molar-refractivity contribution in [2.45, 2.75) is 23.0 Å². The van der Waals surface area contributed by atoms with Gasteiger partial charge in [-0.3, -0.25) is 5.10 Å². The van der Waals surface area contributed by atoms with Crippen molar-refractivity contribution in [3.8, 4) is 0 Å². The molecule has 0 saturated carbocycles. The predicted octanol–water partition coefficient (Wildman–Crippen LogP) is 2.11. The number of halogens is 1. The lowest BCUT2D eigenvalue weighted by atomic mass is 10.1. The molecule has 1 atom stereocenters. The number of H-pyrrole nitrogens is 1. The van der Waals surface area contributed by atoms with E-state index < -0.39 is 0 Å². The summed E-state index contributed by atoms with van der Waals surface area (Å²) in [6, 6.07) is 4.65. The van der Waals surface area contributed by atoms with Crippen LogP contribution < -0.4 is 5.73 Å². The highest BCUT2D eigenvalue weighted by Crippen LogP contribution is 2.32. The highest BCUT2D eigenvalue weighted by Gasteiger charge is 2.13. The van der Waals surface area contributed by atoms with Gasteiger partial charge in [0.15, 0.2) is 5.16 Å². The van der Waals surface area contributed by atoms with Crippen molar-refractivity contribution in [3.63, 3.8) is 0 Å². The molecule has 2 rings (SSSR count). The van der Waals surface area contributed by atoms with Crippen LogP contribution in [0.15, 0.2) is 34.6 Å². The molecule has 0 aliphatic carbocycles. The fourth-order valence-corrected chi connectivity index (χ4v) is 2.26. The smallest absolute Gasteiger partial charge is 0.188 e. The summed E-state index contributed by atoms with van der Waals surface area (Å²) >= 11 is 1.19. The third-order valence-electron chi connectivity index (χ3n) is 2.08. The molecule has 2 aromatic rings. The van der Waals surface area contributed by atoms with Crippen LogP contribution in [0.25, 0.3) is 0 Å². The topological polar surface area (TPSA) is 67.6 Å². The van der Waals surface area contributed by atoms with Crippen molar-refractivity contribution in [2.24, 2.45) is 5.73 Å². The van der Waals surface area contributed by atoms with Crippen LogP contribution in [0.1, 0.15) is 18.5 Å². The highest BCUT2D eigenvalue weighted by atomic mass is 32.2. The summed E-state index contributed by atoms with van der Waals surface area (Å²) in [5.41, 5.74) is 6.55. The average Bonchev–Trinajstić information content (AvgIpc) is 2.73. The Hall–Kier alpha value is -1.40. The van der Waals surface area contributed by atoms with E-state index in [1.165, 1.54) is 24.2 Å². The van der Waals surface area contributed by atoms with Gasteiger partial charge >= 0.3 is 0 Å². The van der Waals surface area contributed by atoms with Gasteiger partial charge in [0.25, 0.3) is 0 Å². The summed E-state index contributed by atoms with van der Waals surface area (Å²) in [5.74, 6) is -0.295. The zero-order valence-electron chi connectivity index (χ0n) is 8.64. The van der Waals surface area contributed by atoms with Crippen molar-refractivity contribution in [3.05, 3.63) is 35.9 Å². The van der Waals surface area contributed by atoms with Crippen molar-refractivity contribution < 1.29 is 4.39 Å². The molecule has 1 aromatic heterocycles. The number of nitrogens with two attached hydrogens (primary N) is 1. The molecule has 0 aliphatic rings. The van der Waals surface area contributed by atoms with E-state index in [4.69, 9.17) is 5.73 Å². The maximum Gasteiger partial charge on any atom is 0.188 e. The number of aromatic nitrogens is 3. The monoisotopic (exact) mass is 238 g/mol. The second kappa shape index (κ2) is 4.63. The fourth-order valence-electron chi connectivity index (χ4n) is 1.33. The normalized spacial score (nSPS) is 12.7. The second-order valence-corrected chi connectivity index (χ2v) is 4.34. The molecule has 6 heteroatoms. The van der Waals surface area contributed by atoms with E-state index in [0.29, 0.717) is 10.1 Å². The Labute approximate surface area is 96.5 Å². The molecule has 0 saturated heterocycles. The number of aromatic amines is 1. The van der Waals surface area contributed by atoms with Crippen LogP contribution in [-0.2, 0) is 0 Å². The summed E-state index contributed by atoms with van der Waals surface area (Å²) in [4.78, 5) is 4.44. The summed E-state index contributed by atoms with van der Waals surface area (Å²) in [5, 5.41) is 6.93. The first kappa shape index (κ1) is 11.1. The minimum absolute atomic E-state index is 0.221. The molecular formula is C10H11FN4S. The minimum Gasteiger partial charge on any atom is -0.324 e. The van der Waals surface area contributed by atoms with Crippen LogP contribution in [0.2, 0.25) is 0 Å². The molecular weight excluding hydrogens is 227 g/mol. The van der Waals surface area contributed by atoms with E-state index in [-0.39, 0.29) is 11.9 Å². The molecule has 0 amide bonds. The standard InChI is InChI=1S/C10H11FN4S/c1-6(12)7-3-2-4-8(11)9(7)16-10-13-5-14-15-10/h2-6H,12H2,1H3,(H,13,14,15)/t6-/m1/s1. The Morgan fingerprint density at radius 2 is 2.31 bits per heavy atom. The minimum atomic E-state index is -0.295. The molecule has 0 aliphatic heterocycles. The van der Waals surface area contributed by atoms with Gasteiger partial charge in [-0.15, -0.1) is 0 Å². The average molecular weight is 238 g/mol. The van der Waals surface area contributed by atoms with Crippen LogP contribution in [0.4, 0.5) is 4.39 Å². The quantitative estimate of drug-likeness (QED) is 0.859. The molecule has 16 heavy (non-hydrogen) atoms. The van der Waals surface area contributed by atoms with Gasteiger partial charge in [-0.05, 0) is 30.3 Å². The second-order valence-electron chi connectivity index (χ2n) is 3.34. The Morgan fingerprint density at radius 3 is 2.94 bits per heavy atom. The molecule has 1 aromatic carbocycles.